The number of nitrogens with zero attached hydrogens (tertiary/aromatic N) is 2. The fourth-order valence-corrected chi connectivity index (χ4v) is 3.47. The Balaban J connectivity index is 2.73. The van der Waals surface area contributed by atoms with Crippen molar-refractivity contribution in [3.63, 3.8) is 0 Å². The number of rotatable bonds is 5. The Morgan fingerprint density at radius 1 is 1.04 bits per heavy atom. The normalized spacial score (nSPS) is 11.0. The summed E-state index contributed by atoms with van der Waals surface area (Å²) in [5, 5.41) is 31.9. The van der Waals surface area contributed by atoms with Crippen LogP contribution < -0.4 is 4.18 Å². The molecule has 0 bridgehead atoms. The summed E-state index contributed by atoms with van der Waals surface area (Å²) in [6, 6.07) is 7.37. The van der Waals surface area contributed by atoms with E-state index in [1.807, 2.05) is 0 Å². The number of hydrogen-bond donors (Lipinski definition) is 1. The summed E-state index contributed by atoms with van der Waals surface area (Å²) < 4.78 is 28.9. The highest BCUT2D eigenvalue weighted by Crippen LogP contribution is 2.46. The molecule has 0 aromatic heterocycles. The van der Waals surface area contributed by atoms with Crippen LogP contribution in [0.15, 0.2) is 41.3 Å². The molecule has 0 radical (unpaired) electrons. The Bertz CT molecular complexity index is 892. The van der Waals surface area contributed by atoms with Gasteiger partial charge in [-0.05, 0) is 34.7 Å². The molecule has 0 atom stereocenters. The van der Waals surface area contributed by atoms with E-state index in [2.05, 4.69) is 4.18 Å². The lowest BCUT2D eigenvalue weighted by Gasteiger charge is -2.09. The number of hydrogen-bond acceptors (Lipinski definition) is 8. The van der Waals surface area contributed by atoms with Gasteiger partial charge >= 0.3 is 27.2 Å². The Kier molecular flexibility index (Phi) is 4.88. The summed E-state index contributed by atoms with van der Waals surface area (Å²) in [6.45, 7) is 0. The van der Waals surface area contributed by atoms with Crippen LogP contribution in [-0.4, -0.2) is 23.4 Å². The molecule has 0 aliphatic rings. The Hall–Kier alpha value is -2.48. The molecule has 0 saturated carbocycles. The van der Waals surface area contributed by atoms with Gasteiger partial charge in [-0.3, -0.25) is 20.2 Å². The number of phenolic OH excluding ortho intramolecular Hbond substituents is 1. The van der Waals surface area contributed by atoms with E-state index in [4.69, 9.17) is 0 Å². The second kappa shape index (κ2) is 6.56. The first-order valence-corrected chi connectivity index (χ1v) is 8.47. The van der Waals surface area contributed by atoms with Crippen molar-refractivity contribution in [1.29, 1.82) is 0 Å². The lowest BCUT2D eigenvalue weighted by molar-refractivity contribution is -0.396. The van der Waals surface area contributed by atoms with Crippen LogP contribution in [0, 0.1) is 23.8 Å². The lowest BCUT2D eigenvalue weighted by atomic mass is 10.2. The maximum atomic E-state index is 12.2. The van der Waals surface area contributed by atoms with Gasteiger partial charge in [0.05, 0.1) is 13.4 Å². The van der Waals surface area contributed by atoms with Crippen LogP contribution in [0.5, 0.6) is 11.5 Å². The molecule has 2 aromatic rings. The molecule has 126 valence electrons. The molecule has 0 aliphatic heterocycles. The summed E-state index contributed by atoms with van der Waals surface area (Å²) >= 11 is 1.43. The van der Waals surface area contributed by atoms with Gasteiger partial charge in [0.25, 0.3) is 0 Å². The fraction of sp³-hybridized carbons (Fsp3) is 0. The molecule has 1 N–H and O–H groups in total. The van der Waals surface area contributed by atoms with E-state index < -0.39 is 42.8 Å². The van der Waals surface area contributed by atoms with Gasteiger partial charge in [0.2, 0.25) is 0 Å². The van der Waals surface area contributed by atoms with E-state index in [9.17, 15) is 33.8 Å². The second-order valence-corrected chi connectivity index (χ2v) is 6.98. The van der Waals surface area contributed by atoms with Gasteiger partial charge in [-0.2, -0.15) is 8.42 Å². The summed E-state index contributed by atoms with van der Waals surface area (Å²) in [5.74, 6) is -2.11. The summed E-state index contributed by atoms with van der Waals surface area (Å²) in [5.41, 5.74) is -2.14. The van der Waals surface area contributed by atoms with Crippen LogP contribution in [-0.2, 0) is 10.1 Å². The van der Waals surface area contributed by atoms with E-state index in [1.165, 1.54) is 40.8 Å². The minimum absolute atomic E-state index is 0.223. The minimum atomic E-state index is -4.58. The minimum Gasteiger partial charge on any atom is -0.502 e. The van der Waals surface area contributed by atoms with Gasteiger partial charge in [0, 0.05) is 6.07 Å². The number of aromatic hydroxyl groups is 1. The van der Waals surface area contributed by atoms with Crippen molar-refractivity contribution in [3.05, 3.63) is 60.2 Å². The van der Waals surface area contributed by atoms with Crippen LogP contribution in [0.3, 0.4) is 0 Å². The van der Waals surface area contributed by atoms with Crippen LogP contribution in [0.4, 0.5) is 11.4 Å². The standard InChI is InChI=1S/C12H7IN2O8S/c13-8-6-9(16)11(15(19)20)12(10(8)14(17)18)23-24(21,22)7-4-2-1-3-5-7/h1-6,16H. The molecule has 0 spiro atoms. The number of nitro groups is 2. The number of phenols is 1. The van der Waals surface area contributed by atoms with Crippen molar-refractivity contribution in [3.8, 4) is 11.5 Å². The third kappa shape index (κ3) is 3.38. The molecule has 0 aliphatic carbocycles. The van der Waals surface area contributed by atoms with Gasteiger partial charge in [-0.25, -0.2) is 0 Å². The Morgan fingerprint density at radius 2 is 1.58 bits per heavy atom. The van der Waals surface area contributed by atoms with Gasteiger partial charge in [-0.1, -0.05) is 18.2 Å². The smallest absolute Gasteiger partial charge is 0.361 e. The maximum absolute atomic E-state index is 12.2. The fourth-order valence-electron chi connectivity index (χ4n) is 1.76. The van der Waals surface area contributed by atoms with Crippen molar-refractivity contribution in [2.75, 3.05) is 0 Å². The van der Waals surface area contributed by atoms with Crippen molar-refractivity contribution in [1.82, 2.24) is 0 Å². The number of benzene rings is 2. The van der Waals surface area contributed by atoms with Crippen molar-refractivity contribution >= 4 is 44.1 Å². The summed E-state index contributed by atoms with van der Waals surface area (Å²) in [7, 11) is -4.58. The average Bonchev–Trinajstić information content (AvgIpc) is 2.46. The molecule has 2 aromatic carbocycles. The molecule has 10 nitrogen and oxygen atoms in total. The van der Waals surface area contributed by atoms with Gasteiger partial charge in [0.1, 0.15) is 4.90 Å². The molecule has 0 fully saturated rings. The molecule has 0 heterocycles. The zero-order chi connectivity index (χ0) is 18.1. The molecule has 0 saturated heterocycles. The average molecular weight is 466 g/mol. The molecular weight excluding hydrogens is 459 g/mol. The number of nitro benzene ring substituents is 2. The predicted octanol–water partition coefficient (Wildman–Crippen LogP) is 2.58. The number of halogens is 1. The zero-order valence-electron chi connectivity index (χ0n) is 11.4. The highest BCUT2D eigenvalue weighted by molar-refractivity contribution is 14.1. The Morgan fingerprint density at radius 3 is 2.08 bits per heavy atom. The second-order valence-electron chi connectivity index (χ2n) is 4.27. The van der Waals surface area contributed by atoms with Crippen molar-refractivity contribution in [2.45, 2.75) is 4.90 Å². The van der Waals surface area contributed by atoms with Crippen LogP contribution >= 0.6 is 22.6 Å². The van der Waals surface area contributed by atoms with Crippen molar-refractivity contribution < 1.29 is 27.6 Å². The molecule has 2 rings (SSSR count). The highest BCUT2D eigenvalue weighted by Gasteiger charge is 2.37. The Labute approximate surface area is 148 Å². The largest absolute Gasteiger partial charge is 0.502 e. The van der Waals surface area contributed by atoms with E-state index >= 15 is 0 Å². The SMILES string of the molecule is O=[N+]([O-])c1c(O)cc(I)c([N+](=O)[O-])c1OS(=O)(=O)c1ccccc1. The van der Waals surface area contributed by atoms with Crippen LogP contribution in [0.2, 0.25) is 0 Å². The molecule has 12 heteroatoms. The van der Waals surface area contributed by atoms with E-state index in [1.54, 1.807) is 0 Å². The van der Waals surface area contributed by atoms with Crippen molar-refractivity contribution in [2.24, 2.45) is 0 Å². The zero-order valence-corrected chi connectivity index (χ0v) is 14.4. The third-order valence-electron chi connectivity index (χ3n) is 2.75. The first kappa shape index (κ1) is 17.9. The topological polar surface area (TPSA) is 150 Å². The summed E-state index contributed by atoms with van der Waals surface area (Å²) in [4.78, 5) is 19.7. The molecular formula is C12H7IN2O8S. The predicted molar refractivity (Wildman–Crippen MR) is 88.4 cm³/mol. The first-order chi connectivity index (χ1) is 11.1. The molecule has 0 amide bonds. The first-order valence-electron chi connectivity index (χ1n) is 5.99. The molecule has 24 heavy (non-hydrogen) atoms. The summed E-state index contributed by atoms with van der Waals surface area (Å²) in [6.07, 6.45) is 0. The monoisotopic (exact) mass is 466 g/mol. The van der Waals surface area contributed by atoms with Gasteiger partial charge in [0.15, 0.2) is 5.75 Å². The quantitative estimate of drug-likeness (QED) is 0.306. The highest BCUT2D eigenvalue weighted by atomic mass is 127. The van der Waals surface area contributed by atoms with Gasteiger partial charge < -0.3 is 9.29 Å². The van der Waals surface area contributed by atoms with E-state index in [-0.39, 0.29) is 8.47 Å². The van der Waals surface area contributed by atoms with Crippen LogP contribution in [0.1, 0.15) is 0 Å². The van der Waals surface area contributed by atoms with E-state index in [0.29, 0.717) is 0 Å². The van der Waals surface area contributed by atoms with E-state index in [0.717, 1.165) is 18.2 Å². The van der Waals surface area contributed by atoms with Crippen LogP contribution in [0.25, 0.3) is 0 Å². The lowest BCUT2D eigenvalue weighted by Crippen LogP contribution is -2.12. The van der Waals surface area contributed by atoms with Gasteiger partial charge in [-0.15, -0.1) is 0 Å². The third-order valence-corrected chi connectivity index (χ3v) is 4.81. The molecule has 0 unspecified atom stereocenters. The maximum Gasteiger partial charge on any atom is 0.361 e.